The normalized spacial score (nSPS) is 20.5. The molecule has 0 aliphatic carbocycles. The van der Waals surface area contributed by atoms with Crippen LogP contribution in [0.1, 0.15) is 24.8 Å². The van der Waals surface area contributed by atoms with Crippen molar-refractivity contribution in [3.05, 3.63) is 25.3 Å². The highest BCUT2D eigenvalue weighted by Crippen LogP contribution is 2.28. The number of aromatic nitrogens is 1. The van der Waals surface area contributed by atoms with Gasteiger partial charge in [0, 0.05) is 16.6 Å². The van der Waals surface area contributed by atoms with Gasteiger partial charge in [0.25, 0.3) is 0 Å². The van der Waals surface area contributed by atoms with Crippen molar-refractivity contribution in [1.82, 2.24) is 4.98 Å². The summed E-state index contributed by atoms with van der Waals surface area (Å²) < 4.78 is 13.8. The van der Waals surface area contributed by atoms with Gasteiger partial charge in [0.2, 0.25) is 0 Å². The average molecular weight is 430 g/mol. The second-order valence-corrected chi connectivity index (χ2v) is 6.22. The van der Waals surface area contributed by atoms with Crippen molar-refractivity contribution in [2.45, 2.75) is 32.2 Å². The molecule has 0 spiro atoms. The van der Waals surface area contributed by atoms with Crippen molar-refractivity contribution in [1.29, 1.82) is 0 Å². The van der Waals surface area contributed by atoms with Crippen LogP contribution in [0.3, 0.4) is 0 Å². The highest BCUT2D eigenvalue weighted by molar-refractivity contribution is 9.11. The maximum Gasteiger partial charge on any atom is 0.158 e. The zero-order valence-corrected chi connectivity index (χ0v) is 13.8. The van der Waals surface area contributed by atoms with Gasteiger partial charge < -0.3 is 9.47 Å². The van der Waals surface area contributed by atoms with Crippen molar-refractivity contribution in [3.63, 3.8) is 0 Å². The predicted octanol–water partition coefficient (Wildman–Crippen LogP) is 4.41. The molecule has 1 atom stereocenters. The van der Waals surface area contributed by atoms with Gasteiger partial charge in [-0.25, -0.2) is 4.98 Å². The van der Waals surface area contributed by atoms with E-state index in [1.54, 1.807) is 0 Å². The highest BCUT2D eigenvalue weighted by atomic mass is 79.9. The van der Waals surface area contributed by atoms with Crippen molar-refractivity contribution < 1.29 is 9.47 Å². The molecule has 0 bridgehead atoms. The summed E-state index contributed by atoms with van der Waals surface area (Å²) in [5.74, 6) is 0. The standard InChI is InChI=1S/C11H12Br3NO2/c12-8-5-9(13)15-11(14)7(8)6-17-10-3-1-2-4-16-10/h5,10H,1-4,6H2. The first kappa shape index (κ1) is 13.9. The number of nitrogens with zero attached hydrogens (tertiary/aromatic N) is 1. The lowest BCUT2D eigenvalue weighted by atomic mass is 10.2. The maximum atomic E-state index is 5.73. The highest BCUT2D eigenvalue weighted by Gasteiger charge is 2.16. The van der Waals surface area contributed by atoms with Crippen molar-refractivity contribution in [3.8, 4) is 0 Å². The molecule has 3 nitrogen and oxygen atoms in total. The van der Waals surface area contributed by atoms with Crippen molar-refractivity contribution in [2.75, 3.05) is 6.61 Å². The van der Waals surface area contributed by atoms with Gasteiger partial charge in [-0.2, -0.15) is 0 Å². The molecule has 6 heteroatoms. The van der Waals surface area contributed by atoms with Crippen LogP contribution in [0, 0.1) is 0 Å². The second kappa shape index (κ2) is 6.61. The van der Waals surface area contributed by atoms with Crippen LogP contribution in [0.2, 0.25) is 0 Å². The lowest BCUT2D eigenvalue weighted by Crippen LogP contribution is -2.22. The summed E-state index contributed by atoms with van der Waals surface area (Å²) >= 11 is 10.3. The van der Waals surface area contributed by atoms with Crippen LogP contribution in [-0.4, -0.2) is 17.9 Å². The number of hydrogen-bond donors (Lipinski definition) is 0. The van der Waals surface area contributed by atoms with Crippen LogP contribution >= 0.6 is 47.8 Å². The van der Waals surface area contributed by atoms with Crippen LogP contribution < -0.4 is 0 Å². The Kier molecular flexibility index (Phi) is 5.42. The topological polar surface area (TPSA) is 31.4 Å². The molecule has 1 aromatic rings. The summed E-state index contributed by atoms with van der Waals surface area (Å²) in [5.41, 5.74) is 1.00. The second-order valence-electron chi connectivity index (χ2n) is 3.80. The lowest BCUT2D eigenvalue weighted by molar-refractivity contribution is -0.169. The van der Waals surface area contributed by atoms with E-state index in [4.69, 9.17) is 9.47 Å². The summed E-state index contributed by atoms with van der Waals surface area (Å²) in [7, 11) is 0. The van der Waals surface area contributed by atoms with Gasteiger partial charge in [0.15, 0.2) is 6.29 Å². The molecule has 1 unspecified atom stereocenters. The summed E-state index contributed by atoms with van der Waals surface area (Å²) in [5, 5.41) is 0. The third-order valence-corrected chi connectivity index (χ3v) is 4.31. The first-order chi connectivity index (χ1) is 8.16. The SMILES string of the molecule is Brc1cc(Br)c(COC2CCCCO2)c(Br)n1. The molecule has 1 aliphatic heterocycles. The predicted molar refractivity (Wildman–Crippen MR) is 75.7 cm³/mol. The lowest BCUT2D eigenvalue weighted by Gasteiger charge is -2.23. The molecule has 1 fully saturated rings. The Morgan fingerprint density at radius 1 is 1.35 bits per heavy atom. The van der Waals surface area contributed by atoms with E-state index in [1.165, 1.54) is 6.42 Å². The molecule has 1 aliphatic rings. The zero-order valence-electron chi connectivity index (χ0n) is 9.09. The first-order valence-corrected chi connectivity index (χ1v) is 7.78. The Bertz CT molecular complexity index is 371. The van der Waals surface area contributed by atoms with E-state index in [-0.39, 0.29) is 6.29 Å². The quantitative estimate of drug-likeness (QED) is 0.667. The van der Waals surface area contributed by atoms with Gasteiger partial charge in [0.05, 0.1) is 6.61 Å². The van der Waals surface area contributed by atoms with Gasteiger partial charge in [-0.15, -0.1) is 0 Å². The van der Waals surface area contributed by atoms with Gasteiger partial charge >= 0.3 is 0 Å². The molecule has 2 heterocycles. The largest absolute Gasteiger partial charge is 0.353 e. The first-order valence-electron chi connectivity index (χ1n) is 5.40. The minimum atomic E-state index is -0.0776. The fourth-order valence-electron chi connectivity index (χ4n) is 1.63. The molecule has 0 saturated carbocycles. The van der Waals surface area contributed by atoms with E-state index in [0.29, 0.717) is 6.61 Å². The molecule has 0 aromatic carbocycles. The van der Waals surface area contributed by atoms with E-state index in [2.05, 4.69) is 52.8 Å². The van der Waals surface area contributed by atoms with Gasteiger partial charge in [0.1, 0.15) is 9.21 Å². The molecule has 94 valence electrons. The van der Waals surface area contributed by atoms with E-state index in [1.807, 2.05) is 6.07 Å². The molecule has 2 rings (SSSR count). The van der Waals surface area contributed by atoms with Gasteiger partial charge in [-0.05, 0) is 57.2 Å². The van der Waals surface area contributed by atoms with Gasteiger partial charge in [-0.1, -0.05) is 15.9 Å². The van der Waals surface area contributed by atoms with Gasteiger partial charge in [-0.3, -0.25) is 0 Å². The third-order valence-electron chi connectivity index (χ3n) is 2.54. The van der Waals surface area contributed by atoms with Crippen molar-refractivity contribution >= 4 is 47.8 Å². The van der Waals surface area contributed by atoms with E-state index >= 15 is 0 Å². The average Bonchev–Trinajstić information content (AvgIpc) is 2.29. The molecular weight excluding hydrogens is 418 g/mol. The molecule has 0 amide bonds. The molecular formula is C11H12Br3NO2. The molecule has 0 N–H and O–H groups in total. The molecule has 17 heavy (non-hydrogen) atoms. The summed E-state index contributed by atoms with van der Waals surface area (Å²) in [4.78, 5) is 4.28. The Morgan fingerprint density at radius 3 is 2.82 bits per heavy atom. The van der Waals surface area contributed by atoms with Crippen LogP contribution in [0.15, 0.2) is 19.7 Å². The Morgan fingerprint density at radius 2 is 2.18 bits per heavy atom. The van der Waals surface area contributed by atoms with Crippen LogP contribution in [0.25, 0.3) is 0 Å². The fourth-order valence-corrected chi connectivity index (χ4v) is 3.89. The summed E-state index contributed by atoms with van der Waals surface area (Å²) in [6, 6.07) is 1.91. The number of ether oxygens (including phenoxy) is 2. The van der Waals surface area contributed by atoms with Crippen LogP contribution in [0.4, 0.5) is 0 Å². The third kappa shape index (κ3) is 3.99. The maximum absolute atomic E-state index is 5.73. The molecule has 0 radical (unpaired) electrons. The number of halogens is 3. The molecule has 1 aromatic heterocycles. The van der Waals surface area contributed by atoms with Crippen LogP contribution in [0.5, 0.6) is 0 Å². The number of hydrogen-bond acceptors (Lipinski definition) is 3. The number of rotatable bonds is 3. The number of pyridine rings is 1. The monoisotopic (exact) mass is 427 g/mol. The zero-order chi connectivity index (χ0) is 12.3. The summed E-state index contributed by atoms with van der Waals surface area (Å²) in [6.07, 6.45) is 3.20. The van der Waals surface area contributed by atoms with E-state index in [0.717, 1.165) is 38.7 Å². The smallest absolute Gasteiger partial charge is 0.158 e. The Balaban J connectivity index is 1.98. The minimum Gasteiger partial charge on any atom is -0.353 e. The Labute approximate surface area is 126 Å². The van der Waals surface area contributed by atoms with E-state index < -0.39 is 0 Å². The Hall–Kier alpha value is 0.510. The van der Waals surface area contributed by atoms with Crippen LogP contribution in [-0.2, 0) is 16.1 Å². The fraction of sp³-hybridized carbons (Fsp3) is 0.545. The summed E-state index contributed by atoms with van der Waals surface area (Å²) in [6.45, 7) is 1.29. The van der Waals surface area contributed by atoms with Crippen molar-refractivity contribution in [2.24, 2.45) is 0 Å². The minimum absolute atomic E-state index is 0.0776. The molecule has 1 saturated heterocycles. The van der Waals surface area contributed by atoms with E-state index in [9.17, 15) is 0 Å².